The first kappa shape index (κ1) is 8.10. The summed E-state index contributed by atoms with van der Waals surface area (Å²) < 4.78 is 0. The summed E-state index contributed by atoms with van der Waals surface area (Å²) in [4.78, 5) is 0. The molecule has 1 nitrogen and oxygen atoms in total. The van der Waals surface area contributed by atoms with Crippen molar-refractivity contribution in [2.75, 3.05) is 0 Å². The maximum atomic E-state index is 6.97. The number of hydrogen-bond acceptors (Lipinski definition) is 1. The molecule has 1 atom stereocenters. The highest BCUT2D eigenvalue weighted by Crippen LogP contribution is 2.15. The maximum Gasteiger partial charge on any atom is 0.0155 e. The molecule has 1 N–H and O–H groups in total. The molecule has 0 aromatic rings. The van der Waals surface area contributed by atoms with Crippen LogP contribution in [0.2, 0.25) is 0 Å². The van der Waals surface area contributed by atoms with Gasteiger partial charge in [0.1, 0.15) is 0 Å². The molecule has 8 heavy (non-hydrogen) atoms. The highest BCUT2D eigenvalue weighted by Gasteiger charge is 1.99. The molecule has 0 fully saturated rings. The highest BCUT2D eigenvalue weighted by atomic mass is 31.1. The Bertz CT molecular complexity index is 70.9. The van der Waals surface area contributed by atoms with Crippen LogP contribution in [0.15, 0.2) is 0 Å². The van der Waals surface area contributed by atoms with Crippen molar-refractivity contribution < 1.29 is 0 Å². The van der Waals surface area contributed by atoms with Crippen molar-refractivity contribution in [1.82, 2.24) is 0 Å². The van der Waals surface area contributed by atoms with Crippen LogP contribution in [-0.4, -0.2) is 5.66 Å². The number of nitrogens with one attached hydrogen (secondary N) is 1. The molecule has 0 heterocycles. The van der Waals surface area contributed by atoms with Gasteiger partial charge >= 0.3 is 0 Å². The van der Waals surface area contributed by atoms with Crippen LogP contribution in [0, 0.1) is 11.1 Å². The molecule has 0 bridgehead atoms. The van der Waals surface area contributed by atoms with Gasteiger partial charge in [-0.05, 0) is 12.3 Å². The number of hydrogen-bond donors (Lipinski definition) is 1. The van der Waals surface area contributed by atoms with Crippen LogP contribution in [0.5, 0.6) is 0 Å². The van der Waals surface area contributed by atoms with E-state index >= 15 is 0 Å². The summed E-state index contributed by atoms with van der Waals surface area (Å²) >= 11 is 0. The fourth-order valence-electron chi connectivity index (χ4n) is 0.735. The summed E-state index contributed by atoms with van der Waals surface area (Å²) in [6, 6.07) is 0. The van der Waals surface area contributed by atoms with Crippen molar-refractivity contribution in [3.05, 3.63) is 0 Å². The summed E-state index contributed by atoms with van der Waals surface area (Å²) in [5.74, 6) is 0.753. The highest BCUT2D eigenvalue weighted by molar-refractivity contribution is 7.26. The molecule has 0 spiro atoms. The summed E-state index contributed by atoms with van der Waals surface area (Å²) in [5.41, 5.74) is 0.565. The molecular weight excluding hydrogens is 117 g/mol. The van der Waals surface area contributed by atoms with Crippen molar-refractivity contribution in [3.63, 3.8) is 0 Å². The standard InChI is InChI=1S/C6H14NP/c1-5(2)4-6(3)8-7/h5-7H,4H2,1-3H3/t6-/m1/s1. The van der Waals surface area contributed by atoms with E-state index in [1.54, 1.807) is 0 Å². The SMILES string of the molecule is CC(C)C[C@@H](C)P=N. The summed E-state index contributed by atoms with van der Waals surface area (Å²) in [6.45, 7) is 6.51. The lowest BCUT2D eigenvalue weighted by molar-refractivity contribution is 0.583. The molecule has 0 aliphatic rings. The molecule has 0 aliphatic carbocycles. The molecular formula is C6H14NP. The quantitative estimate of drug-likeness (QED) is 0.569. The van der Waals surface area contributed by atoms with Gasteiger partial charge in [0.05, 0.1) is 0 Å². The maximum absolute atomic E-state index is 6.97. The average Bonchev–Trinajstić information content (AvgIpc) is 1.65. The van der Waals surface area contributed by atoms with Crippen molar-refractivity contribution in [2.24, 2.45) is 5.92 Å². The third-order valence-corrected chi connectivity index (χ3v) is 1.68. The predicted molar refractivity (Wildman–Crippen MR) is 38.6 cm³/mol. The minimum absolute atomic E-state index is 0.565. The van der Waals surface area contributed by atoms with E-state index in [9.17, 15) is 0 Å². The fourth-order valence-corrected chi connectivity index (χ4v) is 1.26. The molecule has 0 unspecified atom stereocenters. The van der Waals surface area contributed by atoms with Gasteiger partial charge in [-0.1, -0.05) is 20.8 Å². The second-order valence-electron chi connectivity index (χ2n) is 2.61. The molecule has 2 heteroatoms. The van der Waals surface area contributed by atoms with Gasteiger partial charge in [-0.15, -0.1) is 0 Å². The normalized spacial score (nSPS) is 15.0. The third-order valence-electron chi connectivity index (χ3n) is 1.03. The Kier molecular flexibility index (Phi) is 4.08. The van der Waals surface area contributed by atoms with Crippen LogP contribution in [-0.2, 0) is 0 Å². The Morgan fingerprint density at radius 1 is 1.38 bits per heavy atom. The van der Waals surface area contributed by atoms with Gasteiger partial charge in [0, 0.05) is 14.0 Å². The zero-order chi connectivity index (χ0) is 6.57. The predicted octanol–water partition coefficient (Wildman–Crippen LogP) is 3.13. The first-order valence-corrected chi connectivity index (χ1v) is 3.99. The van der Waals surface area contributed by atoms with Gasteiger partial charge in [0.25, 0.3) is 0 Å². The smallest absolute Gasteiger partial charge is 0.0155 e. The van der Waals surface area contributed by atoms with Crippen molar-refractivity contribution >= 4 is 8.37 Å². The van der Waals surface area contributed by atoms with Gasteiger partial charge in [0.2, 0.25) is 0 Å². The van der Waals surface area contributed by atoms with E-state index in [4.69, 9.17) is 5.16 Å². The molecule has 0 radical (unpaired) electrons. The van der Waals surface area contributed by atoms with E-state index in [0.29, 0.717) is 5.66 Å². The lowest BCUT2D eigenvalue weighted by Crippen LogP contribution is -1.96. The van der Waals surface area contributed by atoms with Crippen LogP contribution >= 0.6 is 8.37 Å². The third kappa shape index (κ3) is 4.26. The molecule has 48 valence electrons. The zero-order valence-corrected chi connectivity index (χ0v) is 6.70. The van der Waals surface area contributed by atoms with Crippen LogP contribution < -0.4 is 0 Å². The Labute approximate surface area is 53.2 Å². The molecule has 0 aromatic heterocycles. The lowest BCUT2D eigenvalue weighted by atomic mass is 10.1. The largest absolute Gasteiger partial charge is 0.284 e. The molecule has 0 amide bonds. The fraction of sp³-hybridized carbons (Fsp3) is 1.00. The van der Waals surface area contributed by atoms with Crippen LogP contribution in [0.3, 0.4) is 0 Å². The van der Waals surface area contributed by atoms with Gasteiger partial charge in [0.15, 0.2) is 0 Å². The second kappa shape index (κ2) is 4.03. The van der Waals surface area contributed by atoms with Gasteiger partial charge in [-0.25, -0.2) is 0 Å². The molecule has 0 saturated heterocycles. The van der Waals surface area contributed by atoms with E-state index in [2.05, 4.69) is 20.8 Å². The van der Waals surface area contributed by atoms with E-state index in [-0.39, 0.29) is 0 Å². The summed E-state index contributed by atoms with van der Waals surface area (Å²) in [7, 11) is 0.789. The average molecular weight is 131 g/mol. The van der Waals surface area contributed by atoms with Gasteiger partial charge in [-0.2, -0.15) is 0 Å². The van der Waals surface area contributed by atoms with E-state index in [1.165, 1.54) is 6.42 Å². The van der Waals surface area contributed by atoms with Crippen LogP contribution in [0.1, 0.15) is 27.2 Å². The molecule has 0 saturated carbocycles. The van der Waals surface area contributed by atoms with E-state index < -0.39 is 0 Å². The topological polar surface area (TPSA) is 23.9 Å². The molecule has 0 rings (SSSR count). The van der Waals surface area contributed by atoms with Crippen molar-refractivity contribution in [3.8, 4) is 0 Å². The first-order chi connectivity index (χ1) is 3.66. The van der Waals surface area contributed by atoms with E-state index in [0.717, 1.165) is 14.3 Å². The Morgan fingerprint density at radius 2 is 1.88 bits per heavy atom. The van der Waals surface area contributed by atoms with Gasteiger partial charge in [-0.3, -0.25) is 5.16 Å². The van der Waals surface area contributed by atoms with Crippen LogP contribution in [0.4, 0.5) is 0 Å². The molecule has 0 aliphatic heterocycles. The number of rotatable bonds is 3. The Balaban J connectivity index is 3.23. The van der Waals surface area contributed by atoms with E-state index in [1.807, 2.05) is 0 Å². The van der Waals surface area contributed by atoms with Crippen molar-refractivity contribution in [1.29, 1.82) is 5.16 Å². The molecule has 0 aromatic carbocycles. The monoisotopic (exact) mass is 131 g/mol. The minimum Gasteiger partial charge on any atom is -0.284 e. The Morgan fingerprint density at radius 3 is 2.00 bits per heavy atom. The van der Waals surface area contributed by atoms with Crippen molar-refractivity contribution in [2.45, 2.75) is 32.9 Å². The Hall–Kier alpha value is 0.100. The first-order valence-electron chi connectivity index (χ1n) is 3.03. The lowest BCUT2D eigenvalue weighted by Gasteiger charge is -2.05. The minimum atomic E-state index is 0.565. The summed E-state index contributed by atoms with van der Waals surface area (Å²) in [6.07, 6.45) is 1.19. The van der Waals surface area contributed by atoms with Crippen LogP contribution in [0.25, 0.3) is 0 Å². The zero-order valence-electron chi connectivity index (χ0n) is 5.81. The second-order valence-corrected chi connectivity index (χ2v) is 3.75. The van der Waals surface area contributed by atoms with Gasteiger partial charge < -0.3 is 0 Å². The summed E-state index contributed by atoms with van der Waals surface area (Å²) in [5, 5.41) is 6.97.